The summed E-state index contributed by atoms with van der Waals surface area (Å²) in [4.78, 5) is 0. The van der Waals surface area contributed by atoms with Gasteiger partial charge in [-0.3, -0.25) is 0 Å². The zero-order chi connectivity index (χ0) is 13.0. The maximum atomic E-state index is 6.23. The standard InChI is InChI=1S/C15H22ClNO/c1-3-4-15(12-7-8-17-10-12)18-14-6-5-13(16)9-11(14)2/h5-6,9,12,15,17H,3-4,7-8,10H2,1-2H3/t12-,15-/m1/s1. The van der Waals surface area contributed by atoms with Gasteiger partial charge in [-0.15, -0.1) is 0 Å². The van der Waals surface area contributed by atoms with Crippen LogP contribution >= 0.6 is 11.6 Å². The molecule has 0 radical (unpaired) electrons. The van der Waals surface area contributed by atoms with Crippen molar-refractivity contribution in [2.45, 2.75) is 39.2 Å². The van der Waals surface area contributed by atoms with Crippen molar-refractivity contribution in [3.05, 3.63) is 28.8 Å². The molecule has 0 unspecified atom stereocenters. The van der Waals surface area contributed by atoms with Gasteiger partial charge in [-0.2, -0.15) is 0 Å². The van der Waals surface area contributed by atoms with Crippen LogP contribution in [-0.2, 0) is 0 Å². The molecule has 0 aliphatic carbocycles. The smallest absolute Gasteiger partial charge is 0.122 e. The SMILES string of the molecule is CCC[C@@H](Oc1ccc(Cl)cc1C)[C@@H]1CCNC1. The molecule has 0 aromatic heterocycles. The van der Waals surface area contributed by atoms with E-state index in [9.17, 15) is 0 Å². The Morgan fingerprint density at radius 2 is 2.33 bits per heavy atom. The van der Waals surface area contributed by atoms with Crippen molar-refractivity contribution in [2.75, 3.05) is 13.1 Å². The minimum atomic E-state index is 0.324. The third-order valence-corrected chi connectivity index (χ3v) is 3.85. The van der Waals surface area contributed by atoms with Gasteiger partial charge in [0.1, 0.15) is 11.9 Å². The summed E-state index contributed by atoms with van der Waals surface area (Å²) >= 11 is 5.98. The topological polar surface area (TPSA) is 21.3 Å². The highest BCUT2D eigenvalue weighted by Gasteiger charge is 2.26. The van der Waals surface area contributed by atoms with Crippen molar-refractivity contribution in [1.82, 2.24) is 5.32 Å². The van der Waals surface area contributed by atoms with Crippen LogP contribution in [-0.4, -0.2) is 19.2 Å². The number of rotatable bonds is 5. The van der Waals surface area contributed by atoms with Crippen LogP contribution in [0, 0.1) is 12.8 Å². The van der Waals surface area contributed by atoms with Crippen molar-refractivity contribution in [3.8, 4) is 5.75 Å². The predicted octanol–water partition coefficient (Wildman–Crippen LogP) is 3.81. The number of nitrogens with one attached hydrogen (secondary N) is 1. The molecule has 1 aliphatic rings. The van der Waals surface area contributed by atoms with Crippen LogP contribution in [0.15, 0.2) is 18.2 Å². The first-order valence-electron chi connectivity index (χ1n) is 6.84. The van der Waals surface area contributed by atoms with E-state index in [-0.39, 0.29) is 0 Å². The molecule has 2 rings (SSSR count). The van der Waals surface area contributed by atoms with E-state index in [1.807, 2.05) is 18.2 Å². The fraction of sp³-hybridized carbons (Fsp3) is 0.600. The quantitative estimate of drug-likeness (QED) is 0.876. The summed E-state index contributed by atoms with van der Waals surface area (Å²) in [6.07, 6.45) is 3.82. The van der Waals surface area contributed by atoms with Crippen molar-refractivity contribution >= 4 is 11.6 Å². The maximum Gasteiger partial charge on any atom is 0.122 e. The highest BCUT2D eigenvalue weighted by molar-refractivity contribution is 6.30. The first-order valence-corrected chi connectivity index (χ1v) is 7.22. The molecule has 0 spiro atoms. The van der Waals surface area contributed by atoms with Gasteiger partial charge in [-0.05, 0) is 50.1 Å². The molecule has 100 valence electrons. The molecule has 1 aliphatic heterocycles. The zero-order valence-electron chi connectivity index (χ0n) is 11.2. The van der Waals surface area contributed by atoms with Gasteiger partial charge in [0.2, 0.25) is 0 Å². The monoisotopic (exact) mass is 267 g/mol. The number of ether oxygens (including phenoxy) is 1. The van der Waals surface area contributed by atoms with E-state index in [1.165, 1.54) is 6.42 Å². The Kier molecular flexibility index (Phi) is 4.90. The van der Waals surface area contributed by atoms with E-state index in [0.29, 0.717) is 12.0 Å². The van der Waals surface area contributed by atoms with Crippen LogP contribution in [0.3, 0.4) is 0 Å². The van der Waals surface area contributed by atoms with E-state index >= 15 is 0 Å². The second-order valence-corrected chi connectivity index (χ2v) is 5.54. The lowest BCUT2D eigenvalue weighted by molar-refractivity contribution is 0.131. The van der Waals surface area contributed by atoms with Gasteiger partial charge in [0.25, 0.3) is 0 Å². The molecule has 1 N–H and O–H groups in total. The highest BCUT2D eigenvalue weighted by Crippen LogP contribution is 2.27. The highest BCUT2D eigenvalue weighted by atomic mass is 35.5. The molecule has 0 saturated carbocycles. The molecule has 0 amide bonds. The summed E-state index contributed by atoms with van der Waals surface area (Å²) < 4.78 is 6.23. The van der Waals surface area contributed by atoms with Crippen LogP contribution in [0.4, 0.5) is 0 Å². The number of hydrogen-bond acceptors (Lipinski definition) is 2. The van der Waals surface area contributed by atoms with E-state index < -0.39 is 0 Å². The largest absolute Gasteiger partial charge is 0.490 e. The Balaban J connectivity index is 2.07. The number of halogens is 1. The molecular weight excluding hydrogens is 246 g/mol. The molecule has 1 saturated heterocycles. The van der Waals surface area contributed by atoms with Gasteiger partial charge in [-0.25, -0.2) is 0 Å². The molecule has 18 heavy (non-hydrogen) atoms. The van der Waals surface area contributed by atoms with Crippen molar-refractivity contribution in [1.29, 1.82) is 0 Å². The van der Waals surface area contributed by atoms with Gasteiger partial charge >= 0.3 is 0 Å². The van der Waals surface area contributed by atoms with Crippen LogP contribution in [0.2, 0.25) is 5.02 Å². The first-order chi connectivity index (χ1) is 8.70. The Morgan fingerprint density at radius 3 is 2.94 bits per heavy atom. The minimum absolute atomic E-state index is 0.324. The normalized spacial score (nSPS) is 20.9. The molecular formula is C15H22ClNO. The second kappa shape index (κ2) is 6.44. The summed E-state index contributed by atoms with van der Waals surface area (Å²) in [6, 6.07) is 5.86. The molecule has 1 heterocycles. The molecule has 1 aromatic rings. The van der Waals surface area contributed by atoms with E-state index in [2.05, 4.69) is 19.2 Å². The number of aryl methyl sites for hydroxylation is 1. The average molecular weight is 268 g/mol. The first kappa shape index (κ1) is 13.7. The number of benzene rings is 1. The molecule has 1 aromatic carbocycles. The predicted molar refractivity (Wildman–Crippen MR) is 76.5 cm³/mol. The Morgan fingerprint density at radius 1 is 1.50 bits per heavy atom. The van der Waals surface area contributed by atoms with Crippen molar-refractivity contribution < 1.29 is 4.74 Å². The average Bonchev–Trinajstić information content (AvgIpc) is 2.85. The fourth-order valence-electron chi connectivity index (χ4n) is 2.58. The van der Waals surface area contributed by atoms with Gasteiger partial charge in [0.05, 0.1) is 0 Å². The maximum absolute atomic E-state index is 6.23. The van der Waals surface area contributed by atoms with Gasteiger partial charge in [0, 0.05) is 17.5 Å². The fourth-order valence-corrected chi connectivity index (χ4v) is 2.80. The van der Waals surface area contributed by atoms with Crippen LogP contribution < -0.4 is 10.1 Å². The molecule has 2 nitrogen and oxygen atoms in total. The molecule has 2 atom stereocenters. The summed E-state index contributed by atoms with van der Waals surface area (Å²) in [6.45, 7) is 6.47. The van der Waals surface area contributed by atoms with Gasteiger partial charge in [0.15, 0.2) is 0 Å². The van der Waals surface area contributed by atoms with Gasteiger partial charge < -0.3 is 10.1 Å². The number of hydrogen-bond donors (Lipinski definition) is 1. The lowest BCUT2D eigenvalue weighted by Crippen LogP contribution is -2.28. The summed E-state index contributed by atoms with van der Waals surface area (Å²) in [7, 11) is 0. The molecule has 1 fully saturated rings. The summed E-state index contributed by atoms with van der Waals surface area (Å²) in [5.74, 6) is 1.62. The third-order valence-electron chi connectivity index (χ3n) is 3.61. The minimum Gasteiger partial charge on any atom is -0.490 e. The Labute approximate surface area is 115 Å². The molecule has 0 bridgehead atoms. The van der Waals surface area contributed by atoms with E-state index in [0.717, 1.165) is 42.3 Å². The second-order valence-electron chi connectivity index (χ2n) is 5.11. The third kappa shape index (κ3) is 3.39. The zero-order valence-corrected chi connectivity index (χ0v) is 12.0. The van der Waals surface area contributed by atoms with E-state index in [4.69, 9.17) is 16.3 Å². The summed E-state index contributed by atoms with van der Waals surface area (Å²) in [5, 5.41) is 4.19. The van der Waals surface area contributed by atoms with Crippen LogP contribution in [0.5, 0.6) is 5.75 Å². The summed E-state index contributed by atoms with van der Waals surface area (Å²) in [5.41, 5.74) is 1.12. The lowest BCUT2D eigenvalue weighted by Gasteiger charge is -2.25. The van der Waals surface area contributed by atoms with Gasteiger partial charge in [-0.1, -0.05) is 24.9 Å². The Hall–Kier alpha value is -0.730. The van der Waals surface area contributed by atoms with Crippen LogP contribution in [0.1, 0.15) is 31.7 Å². The lowest BCUT2D eigenvalue weighted by atomic mass is 9.97. The molecule has 3 heteroatoms. The van der Waals surface area contributed by atoms with Crippen LogP contribution in [0.25, 0.3) is 0 Å². The Bertz CT molecular complexity index is 388. The van der Waals surface area contributed by atoms with Crippen molar-refractivity contribution in [2.24, 2.45) is 5.92 Å². The van der Waals surface area contributed by atoms with Crippen molar-refractivity contribution in [3.63, 3.8) is 0 Å². The van der Waals surface area contributed by atoms with E-state index in [1.54, 1.807) is 0 Å².